The van der Waals surface area contributed by atoms with Crippen molar-refractivity contribution >= 4 is 11.8 Å². The third-order valence-corrected chi connectivity index (χ3v) is 5.87. The van der Waals surface area contributed by atoms with Crippen LogP contribution in [0.25, 0.3) is 0 Å². The average Bonchev–Trinajstić information content (AvgIpc) is 2.76. The van der Waals surface area contributed by atoms with E-state index < -0.39 is 0 Å². The minimum atomic E-state index is 0.452. The molecule has 1 fully saturated rings. The molecular formula is C18H26OS. The van der Waals surface area contributed by atoms with E-state index >= 15 is 0 Å². The van der Waals surface area contributed by atoms with Crippen molar-refractivity contribution in [3.05, 3.63) is 29.8 Å². The number of fused-ring (bicyclic) bond motifs is 1. The number of benzene rings is 1. The second-order valence-electron chi connectivity index (χ2n) is 7.42. The predicted octanol–water partition coefficient (Wildman–Crippen LogP) is 4.93. The van der Waals surface area contributed by atoms with Crippen molar-refractivity contribution < 1.29 is 4.74 Å². The van der Waals surface area contributed by atoms with Gasteiger partial charge in [-0.05, 0) is 48.6 Å². The van der Waals surface area contributed by atoms with Crippen LogP contribution in [0, 0.1) is 11.3 Å². The van der Waals surface area contributed by atoms with Crippen LogP contribution in [0.4, 0.5) is 0 Å². The van der Waals surface area contributed by atoms with Crippen LogP contribution in [0.2, 0.25) is 0 Å². The molecule has 0 radical (unpaired) electrons. The monoisotopic (exact) mass is 290 g/mol. The fourth-order valence-electron chi connectivity index (χ4n) is 3.98. The fraction of sp³-hybridized carbons (Fsp3) is 0.667. The Kier molecular flexibility index (Phi) is 4.14. The van der Waals surface area contributed by atoms with Crippen LogP contribution >= 0.6 is 11.8 Å². The van der Waals surface area contributed by atoms with Crippen LogP contribution in [0.3, 0.4) is 0 Å². The van der Waals surface area contributed by atoms with Gasteiger partial charge in [0.05, 0.1) is 12.7 Å². The van der Waals surface area contributed by atoms with Crippen LogP contribution in [0.15, 0.2) is 29.2 Å². The minimum absolute atomic E-state index is 0.452. The summed E-state index contributed by atoms with van der Waals surface area (Å²) in [6.45, 7) is 8.06. The lowest BCUT2D eigenvalue weighted by molar-refractivity contribution is -0.0218. The first-order valence-corrected chi connectivity index (χ1v) is 8.76. The summed E-state index contributed by atoms with van der Waals surface area (Å²) < 4.78 is 6.28. The molecule has 3 atom stereocenters. The maximum absolute atomic E-state index is 6.28. The fourth-order valence-corrected chi connectivity index (χ4v) is 5.20. The van der Waals surface area contributed by atoms with E-state index in [0.717, 1.165) is 12.5 Å². The first-order valence-electron chi connectivity index (χ1n) is 7.88. The van der Waals surface area contributed by atoms with Gasteiger partial charge in [-0.25, -0.2) is 0 Å². The summed E-state index contributed by atoms with van der Waals surface area (Å²) in [6, 6.07) is 8.79. The van der Waals surface area contributed by atoms with Crippen LogP contribution in [0.1, 0.15) is 45.6 Å². The number of thioether (sulfide) groups is 1. The molecule has 20 heavy (non-hydrogen) atoms. The van der Waals surface area contributed by atoms with Gasteiger partial charge >= 0.3 is 0 Å². The molecule has 0 spiro atoms. The summed E-state index contributed by atoms with van der Waals surface area (Å²) in [5.41, 5.74) is 1.96. The first kappa shape index (κ1) is 14.5. The molecule has 1 aromatic carbocycles. The van der Waals surface area contributed by atoms with Gasteiger partial charge in [0.1, 0.15) is 0 Å². The van der Waals surface area contributed by atoms with Crippen molar-refractivity contribution in [2.24, 2.45) is 11.3 Å². The Morgan fingerprint density at radius 3 is 2.80 bits per heavy atom. The second kappa shape index (κ2) is 5.73. The molecule has 0 amide bonds. The molecule has 3 unspecified atom stereocenters. The van der Waals surface area contributed by atoms with Gasteiger partial charge < -0.3 is 4.74 Å². The van der Waals surface area contributed by atoms with Gasteiger partial charge in [0.15, 0.2) is 0 Å². The molecule has 1 aliphatic heterocycles. The van der Waals surface area contributed by atoms with E-state index in [1.165, 1.54) is 36.1 Å². The van der Waals surface area contributed by atoms with Crippen molar-refractivity contribution in [3.8, 4) is 0 Å². The quantitative estimate of drug-likeness (QED) is 0.780. The highest BCUT2D eigenvalue weighted by Crippen LogP contribution is 2.41. The SMILES string of the molecule is CC1CC(OCC2Cc3ccccc3S2)CC(C)(C)C1. The number of hydrogen-bond acceptors (Lipinski definition) is 2. The Morgan fingerprint density at radius 1 is 1.25 bits per heavy atom. The van der Waals surface area contributed by atoms with Crippen molar-refractivity contribution in [3.63, 3.8) is 0 Å². The summed E-state index contributed by atoms with van der Waals surface area (Å²) in [5, 5.41) is 0.618. The largest absolute Gasteiger partial charge is 0.377 e. The van der Waals surface area contributed by atoms with Crippen LogP contribution in [-0.4, -0.2) is 18.0 Å². The molecule has 2 heteroatoms. The van der Waals surface area contributed by atoms with Crippen molar-refractivity contribution in [2.75, 3.05) is 6.61 Å². The van der Waals surface area contributed by atoms with E-state index in [1.807, 2.05) is 11.8 Å². The molecule has 2 aliphatic rings. The summed E-state index contributed by atoms with van der Waals surface area (Å²) in [4.78, 5) is 1.46. The summed E-state index contributed by atoms with van der Waals surface area (Å²) in [7, 11) is 0. The molecular weight excluding hydrogens is 264 g/mol. The zero-order chi connectivity index (χ0) is 14.2. The Morgan fingerprint density at radius 2 is 2.05 bits per heavy atom. The predicted molar refractivity (Wildman–Crippen MR) is 86.3 cm³/mol. The molecule has 0 aromatic heterocycles. The summed E-state index contributed by atoms with van der Waals surface area (Å²) in [5.74, 6) is 0.803. The Balaban J connectivity index is 1.51. The zero-order valence-electron chi connectivity index (χ0n) is 12.9. The molecule has 110 valence electrons. The smallest absolute Gasteiger partial charge is 0.0595 e. The normalized spacial score (nSPS) is 32.0. The first-order chi connectivity index (χ1) is 9.52. The van der Waals surface area contributed by atoms with E-state index in [-0.39, 0.29) is 0 Å². The van der Waals surface area contributed by atoms with Crippen molar-refractivity contribution in [1.29, 1.82) is 0 Å². The maximum atomic E-state index is 6.28. The van der Waals surface area contributed by atoms with E-state index in [4.69, 9.17) is 4.74 Å². The van der Waals surface area contributed by atoms with E-state index in [9.17, 15) is 0 Å². The minimum Gasteiger partial charge on any atom is -0.377 e. The number of rotatable bonds is 3. The van der Waals surface area contributed by atoms with E-state index in [1.54, 1.807) is 0 Å². The lowest BCUT2D eigenvalue weighted by Gasteiger charge is -2.39. The lowest BCUT2D eigenvalue weighted by atomic mass is 9.71. The van der Waals surface area contributed by atoms with Gasteiger partial charge in [-0.15, -0.1) is 11.8 Å². The molecule has 0 bridgehead atoms. The highest BCUT2D eigenvalue weighted by atomic mass is 32.2. The third kappa shape index (κ3) is 3.40. The molecule has 3 rings (SSSR count). The van der Waals surface area contributed by atoms with Gasteiger partial charge in [0.2, 0.25) is 0 Å². The second-order valence-corrected chi connectivity index (χ2v) is 8.76. The highest BCUT2D eigenvalue weighted by Gasteiger charge is 2.33. The molecule has 1 aliphatic carbocycles. The van der Waals surface area contributed by atoms with Crippen LogP contribution in [-0.2, 0) is 11.2 Å². The van der Waals surface area contributed by atoms with E-state index in [2.05, 4.69) is 45.0 Å². The maximum Gasteiger partial charge on any atom is 0.0595 e. The third-order valence-electron chi connectivity index (χ3n) is 4.58. The van der Waals surface area contributed by atoms with Gasteiger partial charge in [-0.1, -0.05) is 39.0 Å². The van der Waals surface area contributed by atoms with Gasteiger partial charge in [-0.3, -0.25) is 0 Å². The molecule has 1 nitrogen and oxygen atoms in total. The number of ether oxygens (including phenoxy) is 1. The topological polar surface area (TPSA) is 9.23 Å². The highest BCUT2D eigenvalue weighted by molar-refractivity contribution is 8.00. The van der Waals surface area contributed by atoms with Gasteiger partial charge in [0.25, 0.3) is 0 Å². The summed E-state index contributed by atoms with van der Waals surface area (Å²) >= 11 is 2.00. The molecule has 0 saturated heterocycles. The Labute approximate surface area is 127 Å². The molecule has 0 N–H and O–H groups in total. The lowest BCUT2D eigenvalue weighted by Crippen LogP contribution is -2.33. The zero-order valence-corrected chi connectivity index (χ0v) is 13.7. The van der Waals surface area contributed by atoms with Crippen LogP contribution < -0.4 is 0 Å². The van der Waals surface area contributed by atoms with E-state index in [0.29, 0.717) is 16.8 Å². The average molecular weight is 290 g/mol. The number of hydrogen-bond donors (Lipinski definition) is 0. The molecule has 1 saturated carbocycles. The van der Waals surface area contributed by atoms with Crippen molar-refractivity contribution in [1.82, 2.24) is 0 Å². The van der Waals surface area contributed by atoms with Gasteiger partial charge in [0, 0.05) is 10.1 Å². The van der Waals surface area contributed by atoms with Crippen LogP contribution in [0.5, 0.6) is 0 Å². The standard InChI is InChI=1S/C18H26OS/c1-13-8-15(11-18(2,3)10-13)19-12-16-9-14-6-4-5-7-17(14)20-16/h4-7,13,15-16H,8-12H2,1-3H3. The Hall–Kier alpha value is -0.470. The summed E-state index contributed by atoms with van der Waals surface area (Å²) in [6.07, 6.45) is 5.45. The molecule has 1 aromatic rings. The van der Waals surface area contributed by atoms with Gasteiger partial charge in [-0.2, -0.15) is 0 Å². The molecule has 1 heterocycles. The Bertz CT molecular complexity index is 443. The van der Waals surface area contributed by atoms with Crippen molar-refractivity contribution in [2.45, 2.75) is 62.7 Å².